The quantitative estimate of drug-likeness (QED) is 0.724. The van der Waals surface area contributed by atoms with Crippen molar-refractivity contribution < 1.29 is 9.21 Å². The Labute approximate surface area is 96.5 Å². The van der Waals surface area contributed by atoms with Gasteiger partial charge < -0.3 is 10.2 Å². The molecule has 17 heavy (non-hydrogen) atoms. The zero-order valence-corrected chi connectivity index (χ0v) is 8.83. The van der Waals surface area contributed by atoms with Crippen LogP contribution in [0.3, 0.4) is 0 Å². The third-order valence-electron chi connectivity index (χ3n) is 2.59. The highest BCUT2D eigenvalue weighted by molar-refractivity contribution is 6.04. The van der Waals surface area contributed by atoms with Crippen LogP contribution in [-0.4, -0.2) is 15.5 Å². The number of primary amides is 1. The molecule has 0 aliphatic rings. The monoisotopic (exact) mass is 227 g/mol. The molecule has 3 rings (SSSR count). The maximum absolute atomic E-state index is 11.3. The number of rotatable bonds is 2. The molecule has 2 aromatic heterocycles. The third kappa shape index (κ3) is 1.40. The van der Waals surface area contributed by atoms with Gasteiger partial charge in [-0.3, -0.25) is 9.36 Å². The number of fused-ring (bicyclic) bond motifs is 1. The number of carbonyl (C=O) groups is 1. The first-order chi connectivity index (χ1) is 8.27. The summed E-state index contributed by atoms with van der Waals surface area (Å²) in [6.45, 7) is 0. The van der Waals surface area contributed by atoms with E-state index in [4.69, 9.17) is 10.2 Å². The molecule has 0 unspecified atom stereocenters. The molecule has 0 atom stereocenters. The van der Waals surface area contributed by atoms with Crippen molar-refractivity contribution in [3.05, 3.63) is 48.5 Å². The summed E-state index contributed by atoms with van der Waals surface area (Å²) < 4.78 is 7.06. The van der Waals surface area contributed by atoms with Gasteiger partial charge in [-0.25, -0.2) is 4.98 Å². The second kappa shape index (κ2) is 3.48. The van der Waals surface area contributed by atoms with Crippen molar-refractivity contribution in [2.45, 2.75) is 0 Å². The molecule has 0 saturated carbocycles. The number of carbonyl (C=O) groups excluding carboxylic acids is 1. The highest BCUT2D eigenvalue weighted by Crippen LogP contribution is 2.21. The van der Waals surface area contributed by atoms with Crippen molar-refractivity contribution in [2.75, 3.05) is 0 Å². The summed E-state index contributed by atoms with van der Waals surface area (Å²) in [5, 5.41) is 0. The van der Waals surface area contributed by atoms with Crippen molar-refractivity contribution in [3.8, 4) is 5.88 Å². The lowest BCUT2D eigenvalue weighted by Crippen LogP contribution is -2.11. The van der Waals surface area contributed by atoms with Crippen LogP contribution in [0.15, 0.2) is 47.3 Å². The summed E-state index contributed by atoms with van der Waals surface area (Å²) >= 11 is 0. The van der Waals surface area contributed by atoms with Gasteiger partial charge in [0.25, 0.3) is 5.91 Å². The number of para-hydroxylation sites is 1. The van der Waals surface area contributed by atoms with Crippen LogP contribution in [0, 0.1) is 0 Å². The minimum atomic E-state index is -0.486. The lowest BCUT2D eigenvalue weighted by atomic mass is 10.2. The molecule has 0 spiro atoms. The van der Waals surface area contributed by atoms with Crippen molar-refractivity contribution in [1.82, 2.24) is 9.55 Å². The predicted molar refractivity (Wildman–Crippen MR) is 61.9 cm³/mol. The number of nitrogens with two attached hydrogens (primary N) is 1. The summed E-state index contributed by atoms with van der Waals surface area (Å²) in [6, 6.07) is 8.89. The second-order valence-corrected chi connectivity index (χ2v) is 3.60. The smallest absolute Gasteiger partial charge is 0.250 e. The molecule has 0 radical (unpaired) electrons. The van der Waals surface area contributed by atoms with Gasteiger partial charge in [0.15, 0.2) is 0 Å². The fourth-order valence-corrected chi connectivity index (χ4v) is 1.82. The fourth-order valence-electron chi connectivity index (χ4n) is 1.82. The normalized spacial score (nSPS) is 10.8. The molecule has 0 bridgehead atoms. The van der Waals surface area contributed by atoms with E-state index in [9.17, 15) is 4.79 Å². The van der Waals surface area contributed by atoms with E-state index in [0.29, 0.717) is 17.0 Å². The topological polar surface area (TPSA) is 74.1 Å². The number of nitrogens with zero attached hydrogens (tertiary/aromatic N) is 2. The molecule has 0 saturated heterocycles. The van der Waals surface area contributed by atoms with Gasteiger partial charge >= 0.3 is 0 Å². The highest BCUT2D eigenvalue weighted by Gasteiger charge is 2.12. The van der Waals surface area contributed by atoms with Gasteiger partial charge in [-0.05, 0) is 18.2 Å². The summed E-state index contributed by atoms with van der Waals surface area (Å²) in [6.07, 6.45) is 3.19. The Kier molecular flexibility index (Phi) is 1.98. The van der Waals surface area contributed by atoms with E-state index in [1.54, 1.807) is 35.4 Å². The Bertz CT molecular complexity index is 683. The van der Waals surface area contributed by atoms with Gasteiger partial charge in [0, 0.05) is 6.07 Å². The van der Waals surface area contributed by atoms with Gasteiger partial charge in [0.05, 0.1) is 17.3 Å². The SMILES string of the molecule is NC(=O)c1cccc2c1ncn2-c1ccco1. The Hall–Kier alpha value is -2.56. The zero-order valence-electron chi connectivity index (χ0n) is 8.83. The average Bonchev–Trinajstić information content (AvgIpc) is 2.96. The number of benzene rings is 1. The van der Waals surface area contributed by atoms with Crippen molar-refractivity contribution in [1.29, 1.82) is 0 Å². The lowest BCUT2D eigenvalue weighted by molar-refractivity contribution is 0.100. The molecule has 84 valence electrons. The molecule has 5 heteroatoms. The average molecular weight is 227 g/mol. The van der Waals surface area contributed by atoms with Gasteiger partial charge in [0.1, 0.15) is 11.8 Å². The minimum absolute atomic E-state index is 0.410. The fraction of sp³-hybridized carbons (Fsp3) is 0. The first kappa shape index (κ1) is 9.65. The molecule has 1 amide bonds. The van der Waals surface area contributed by atoms with Crippen LogP contribution in [0.25, 0.3) is 16.9 Å². The molecule has 1 aromatic carbocycles. The second-order valence-electron chi connectivity index (χ2n) is 3.60. The van der Waals surface area contributed by atoms with Gasteiger partial charge in [-0.2, -0.15) is 0 Å². The van der Waals surface area contributed by atoms with E-state index < -0.39 is 5.91 Å². The number of furan rings is 1. The van der Waals surface area contributed by atoms with Crippen LogP contribution in [0.1, 0.15) is 10.4 Å². The molecule has 0 fully saturated rings. The van der Waals surface area contributed by atoms with Crippen LogP contribution in [0.5, 0.6) is 0 Å². The van der Waals surface area contributed by atoms with E-state index in [0.717, 1.165) is 5.52 Å². The van der Waals surface area contributed by atoms with E-state index in [1.165, 1.54) is 0 Å². The van der Waals surface area contributed by atoms with Crippen molar-refractivity contribution in [2.24, 2.45) is 5.73 Å². The Morgan fingerprint density at radius 1 is 1.29 bits per heavy atom. The maximum Gasteiger partial charge on any atom is 0.250 e. The highest BCUT2D eigenvalue weighted by atomic mass is 16.3. The van der Waals surface area contributed by atoms with Crippen LogP contribution < -0.4 is 5.73 Å². The number of aromatic nitrogens is 2. The molecule has 3 aromatic rings. The van der Waals surface area contributed by atoms with Crippen molar-refractivity contribution in [3.63, 3.8) is 0 Å². The molecule has 0 aliphatic heterocycles. The minimum Gasteiger partial charge on any atom is -0.448 e. The van der Waals surface area contributed by atoms with Crippen LogP contribution in [-0.2, 0) is 0 Å². The first-order valence-corrected chi connectivity index (χ1v) is 5.07. The van der Waals surface area contributed by atoms with E-state index >= 15 is 0 Å². The number of amides is 1. The van der Waals surface area contributed by atoms with E-state index in [2.05, 4.69) is 4.98 Å². The van der Waals surface area contributed by atoms with Crippen LogP contribution >= 0.6 is 0 Å². The Balaban J connectivity index is 2.31. The lowest BCUT2D eigenvalue weighted by Gasteiger charge is -2.00. The molecule has 0 aliphatic carbocycles. The van der Waals surface area contributed by atoms with Gasteiger partial charge in [-0.1, -0.05) is 6.07 Å². The summed E-state index contributed by atoms with van der Waals surface area (Å²) in [4.78, 5) is 15.5. The molecular formula is C12H9N3O2. The first-order valence-electron chi connectivity index (χ1n) is 5.07. The number of hydrogen-bond donors (Lipinski definition) is 1. The van der Waals surface area contributed by atoms with Crippen LogP contribution in [0.2, 0.25) is 0 Å². The zero-order chi connectivity index (χ0) is 11.8. The molecule has 2 heterocycles. The molecule has 2 N–H and O–H groups in total. The van der Waals surface area contributed by atoms with E-state index in [-0.39, 0.29) is 0 Å². The maximum atomic E-state index is 11.3. The largest absolute Gasteiger partial charge is 0.448 e. The molecule has 5 nitrogen and oxygen atoms in total. The summed E-state index contributed by atoms with van der Waals surface area (Å²) in [5.41, 5.74) is 7.07. The Morgan fingerprint density at radius 2 is 2.18 bits per heavy atom. The van der Waals surface area contributed by atoms with Gasteiger partial charge in [-0.15, -0.1) is 0 Å². The molecular weight excluding hydrogens is 218 g/mol. The predicted octanol–water partition coefficient (Wildman–Crippen LogP) is 1.72. The number of imidazole rings is 1. The van der Waals surface area contributed by atoms with Crippen LogP contribution in [0.4, 0.5) is 0 Å². The Morgan fingerprint density at radius 3 is 2.88 bits per heavy atom. The van der Waals surface area contributed by atoms with Crippen molar-refractivity contribution >= 4 is 16.9 Å². The standard InChI is InChI=1S/C12H9N3O2/c13-12(16)8-3-1-4-9-11(8)14-7-15(9)10-5-2-6-17-10/h1-7H,(H2,13,16). The number of hydrogen-bond acceptors (Lipinski definition) is 3. The summed E-state index contributed by atoms with van der Waals surface area (Å²) in [5.74, 6) is 0.161. The van der Waals surface area contributed by atoms with E-state index in [1.807, 2.05) is 12.1 Å². The third-order valence-corrected chi connectivity index (χ3v) is 2.59. The summed E-state index contributed by atoms with van der Waals surface area (Å²) in [7, 11) is 0. The van der Waals surface area contributed by atoms with Gasteiger partial charge in [0.2, 0.25) is 5.88 Å².